The number of amides is 1. The number of hydrogen-bond acceptors (Lipinski definition) is 3. The molecule has 6 heteroatoms. The van der Waals surface area contributed by atoms with Crippen LogP contribution in [0.15, 0.2) is 46.9 Å². The van der Waals surface area contributed by atoms with Gasteiger partial charge in [-0.05, 0) is 27.6 Å². The van der Waals surface area contributed by atoms with E-state index in [2.05, 4.69) is 21.2 Å². The van der Waals surface area contributed by atoms with Gasteiger partial charge in [-0.15, -0.1) is 0 Å². The molecule has 0 saturated carbocycles. The molecule has 0 heterocycles. The Kier molecular flexibility index (Phi) is 6.07. The molecule has 1 amide bonds. The zero-order valence-corrected chi connectivity index (χ0v) is 14.9. The highest BCUT2D eigenvalue weighted by atomic mass is 79.9. The molecular formula is C17H15BrClNO3. The van der Waals surface area contributed by atoms with Crippen molar-refractivity contribution < 1.29 is 14.3 Å². The van der Waals surface area contributed by atoms with Crippen molar-refractivity contribution in [3.63, 3.8) is 0 Å². The molecular weight excluding hydrogens is 382 g/mol. The van der Waals surface area contributed by atoms with E-state index in [4.69, 9.17) is 21.1 Å². The number of benzene rings is 2. The van der Waals surface area contributed by atoms with E-state index >= 15 is 0 Å². The van der Waals surface area contributed by atoms with Gasteiger partial charge in [0.2, 0.25) is 0 Å². The van der Waals surface area contributed by atoms with Gasteiger partial charge >= 0.3 is 0 Å². The third kappa shape index (κ3) is 4.50. The number of carbonyl (C=O) groups is 1. The van der Waals surface area contributed by atoms with Crippen molar-refractivity contribution in [2.45, 2.75) is 0 Å². The Hall–Kier alpha value is -1.98. The van der Waals surface area contributed by atoms with Gasteiger partial charge in [0.15, 0.2) is 0 Å². The number of methoxy groups -OCH3 is 2. The van der Waals surface area contributed by atoms with E-state index in [1.807, 2.05) is 30.3 Å². The lowest BCUT2D eigenvalue weighted by Gasteiger charge is -2.13. The van der Waals surface area contributed by atoms with Crippen molar-refractivity contribution in [1.82, 2.24) is 0 Å². The molecule has 0 aromatic heterocycles. The standard InChI is InChI=1S/C17H15BrClNO3/c1-22-15-10-14(16(23-2)9-13(15)19)20-17(21)12(18)8-11-6-4-3-5-7-11/h3-10H,1-2H3,(H,20,21). The first-order valence-corrected chi connectivity index (χ1v) is 7.87. The lowest BCUT2D eigenvalue weighted by atomic mass is 10.2. The maximum absolute atomic E-state index is 12.3. The number of anilines is 1. The Labute approximate surface area is 148 Å². The van der Waals surface area contributed by atoms with Gasteiger partial charge in [0.05, 0.1) is 29.4 Å². The van der Waals surface area contributed by atoms with Crippen LogP contribution in [-0.2, 0) is 4.79 Å². The molecule has 4 nitrogen and oxygen atoms in total. The Bertz CT molecular complexity index is 732. The van der Waals surface area contributed by atoms with Crippen molar-refractivity contribution in [3.05, 3.63) is 57.5 Å². The summed E-state index contributed by atoms with van der Waals surface area (Å²) in [6.45, 7) is 0. The molecule has 0 bridgehead atoms. The van der Waals surface area contributed by atoms with E-state index in [0.717, 1.165) is 5.56 Å². The van der Waals surface area contributed by atoms with E-state index in [-0.39, 0.29) is 5.91 Å². The fourth-order valence-electron chi connectivity index (χ4n) is 1.90. The Morgan fingerprint density at radius 1 is 1.13 bits per heavy atom. The van der Waals surface area contributed by atoms with Crippen LogP contribution in [0.5, 0.6) is 11.5 Å². The zero-order chi connectivity index (χ0) is 16.8. The topological polar surface area (TPSA) is 47.6 Å². The van der Waals surface area contributed by atoms with Crippen molar-refractivity contribution >= 4 is 45.2 Å². The summed E-state index contributed by atoms with van der Waals surface area (Å²) in [6, 6.07) is 12.7. The van der Waals surface area contributed by atoms with E-state index in [1.54, 1.807) is 18.2 Å². The molecule has 120 valence electrons. The highest BCUT2D eigenvalue weighted by Gasteiger charge is 2.14. The minimum Gasteiger partial charge on any atom is -0.495 e. The number of rotatable bonds is 5. The lowest BCUT2D eigenvalue weighted by Crippen LogP contribution is -2.12. The highest BCUT2D eigenvalue weighted by Crippen LogP contribution is 2.36. The van der Waals surface area contributed by atoms with Gasteiger partial charge in [0.1, 0.15) is 11.5 Å². The summed E-state index contributed by atoms with van der Waals surface area (Å²) >= 11 is 9.33. The molecule has 1 N–H and O–H groups in total. The molecule has 0 unspecified atom stereocenters. The fourth-order valence-corrected chi connectivity index (χ4v) is 2.50. The summed E-state index contributed by atoms with van der Waals surface area (Å²) in [5.74, 6) is 0.589. The number of halogens is 2. The quantitative estimate of drug-likeness (QED) is 0.743. The summed E-state index contributed by atoms with van der Waals surface area (Å²) in [5, 5.41) is 3.17. The van der Waals surface area contributed by atoms with Crippen molar-refractivity contribution in [2.24, 2.45) is 0 Å². The van der Waals surface area contributed by atoms with E-state index in [1.165, 1.54) is 14.2 Å². The van der Waals surface area contributed by atoms with Crippen LogP contribution in [0.25, 0.3) is 6.08 Å². The maximum atomic E-state index is 12.3. The number of nitrogens with one attached hydrogen (secondary N) is 1. The molecule has 0 radical (unpaired) electrons. The van der Waals surface area contributed by atoms with Gasteiger partial charge in [-0.1, -0.05) is 41.9 Å². The second kappa shape index (κ2) is 8.04. The van der Waals surface area contributed by atoms with Crippen LogP contribution in [0.2, 0.25) is 5.02 Å². The summed E-state index contributed by atoms with van der Waals surface area (Å²) in [6.07, 6.45) is 1.73. The number of carbonyl (C=O) groups excluding carboxylic acids is 1. The van der Waals surface area contributed by atoms with Crippen molar-refractivity contribution in [1.29, 1.82) is 0 Å². The van der Waals surface area contributed by atoms with Crippen molar-refractivity contribution in [3.8, 4) is 11.5 Å². The molecule has 2 rings (SSSR count). The number of hydrogen-bond donors (Lipinski definition) is 1. The molecule has 0 fully saturated rings. The molecule has 0 aliphatic heterocycles. The van der Waals surface area contributed by atoms with Gasteiger partial charge in [-0.3, -0.25) is 4.79 Å². The fraction of sp³-hybridized carbons (Fsp3) is 0.118. The monoisotopic (exact) mass is 395 g/mol. The molecule has 0 aliphatic rings. The second-order valence-electron chi connectivity index (χ2n) is 4.54. The smallest absolute Gasteiger partial charge is 0.262 e. The first kappa shape index (κ1) is 17.4. The Balaban J connectivity index is 2.24. The highest BCUT2D eigenvalue weighted by molar-refractivity contribution is 9.12. The Morgan fingerprint density at radius 2 is 1.78 bits per heavy atom. The second-order valence-corrected chi connectivity index (χ2v) is 5.81. The SMILES string of the molecule is COc1cc(NC(=O)C(Br)=Cc2ccccc2)c(OC)cc1Cl. The molecule has 0 saturated heterocycles. The zero-order valence-electron chi connectivity index (χ0n) is 12.6. The van der Waals surface area contributed by atoms with Crippen LogP contribution in [0.4, 0.5) is 5.69 Å². The molecule has 2 aromatic carbocycles. The summed E-state index contributed by atoms with van der Waals surface area (Å²) in [5.41, 5.74) is 1.38. The van der Waals surface area contributed by atoms with E-state index < -0.39 is 0 Å². The average Bonchev–Trinajstić information content (AvgIpc) is 2.56. The number of ether oxygens (including phenoxy) is 2. The lowest BCUT2D eigenvalue weighted by molar-refractivity contribution is -0.112. The molecule has 23 heavy (non-hydrogen) atoms. The third-order valence-electron chi connectivity index (χ3n) is 3.03. The maximum Gasteiger partial charge on any atom is 0.262 e. The first-order valence-electron chi connectivity index (χ1n) is 6.70. The van der Waals surface area contributed by atoms with Crippen molar-refractivity contribution in [2.75, 3.05) is 19.5 Å². The summed E-state index contributed by atoms with van der Waals surface area (Å²) in [4.78, 5) is 12.3. The largest absolute Gasteiger partial charge is 0.495 e. The third-order valence-corrected chi connectivity index (χ3v) is 3.92. The van der Waals surface area contributed by atoms with Crippen LogP contribution < -0.4 is 14.8 Å². The average molecular weight is 397 g/mol. The minimum absolute atomic E-state index is 0.309. The Morgan fingerprint density at radius 3 is 2.39 bits per heavy atom. The predicted molar refractivity (Wildman–Crippen MR) is 96.5 cm³/mol. The van der Waals surface area contributed by atoms with E-state index in [9.17, 15) is 4.79 Å². The summed E-state index contributed by atoms with van der Waals surface area (Å²) < 4.78 is 10.8. The van der Waals surface area contributed by atoms with Crippen LogP contribution in [0, 0.1) is 0 Å². The first-order chi connectivity index (χ1) is 11.0. The van der Waals surface area contributed by atoms with Crippen LogP contribution >= 0.6 is 27.5 Å². The van der Waals surface area contributed by atoms with Crippen LogP contribution in [0.3, 0.4) is 0 Å². The summed E-state index contributed by atoms with van der Waals surface area (Å²) in [7, 11) is 3.01. The molecule has 0 spiro atoms. The predicted octanol–water partition coefficient (Wildman–Crippen LogP) is 4.73. The van der Waals surface area contributed by atoms with Crippen LogP contribution in [-0.4, -0.2) is 20.1 Å². The van der Waals surface area contributed by atoms with Gasteiger partial charge < -0.3 is 14.8 Å². The van der Waals surface area contributed by atoms with Gasteiger partial charge in [0.25, 0.3) is 5.91 Å². The van der Waals surface area contributed by atoms with Gasteiger partial charge in [-0.2, -0.15) is 0 Å². The van der Waals surface area contributed by atoms with Crippen LogP contribution in [0.1, 0.15) is 5.56 Å². The van der Waals surface area contributed by atoms with Gasteiger partial charge in [-0.25, -0.2) is 0 Å². The van der Waals surface area contributed by atoms with E-state index in [0.29, 0.717) is 26.7 Å². The van der Waals surface area contributed by atoms with Gasteiger partial charge in [0, 0.05) is 12.1 Å². The molecule has 2 aromatic rings. The molecule has 0 atom stereocenters. The molecule has 0 aliphatic carbocycles. The minimum atomic E-state index is -0.309. The normalized spacial score (nSPS) is 11.0.